The van der Waals surface area contributed by atoms with E-state index in [-0.39, 0.29) is 11.4 Å². The zero-order valence-electron chi connectivity index (χ0n) is 14.2. The van der Waals surface area contributed by atoms with E-state index in [0.29, 0.717) is 22.2 Å². The number of hydrogen-bond acceptors (Lipinski definition) is 6. The Bertz CT molecular complexity index is 1260. The topological polar surface area (TPSA) is 109 Å². The molecule has 2 heterocycles. The van der Waals surface area contributed by atoms with Gasteiger partial charge < -0.3 is 9.84 Å². The first kappa shape index (κ1) is 16.5. The normalized spacial score (nSPS) is 12.1. The third-order valence-electron chi connectivity index (χ3n) is 4.08. The largest absolute Gasteiger partial charge is 0.497 e. The molecule has 0 radical (unpaired) electrons. The second-order valence-electron chi connectivity index (χ2n) is 5.74. The number of benzene rings is 2. The fraction of sp³-hybridized carbons (Fsp3) is 0.0526. The average Bonchev–Trinajstić information content (AvgIpc) is 3.08. The van der Waals surface area contributed by atoms with Gasteiger partial charge in [-0.25, -0.2) is 19.3 Å². The Hall–Kier alpha value is -3.94. The Labute approximate surface area is 152 Å². The van der Waals surface area contributed by atoms with Crippen LogP contribution in [0.15, 0.2) is 73.9 Å². The van der Waals surface area contributed by atoms with Crippen molar-refractivity contribution in [2.24, 2.45) is 9.98 Å². The van der Waals surface area contributed by atoms with Crippen LogP contribution in [0.5, 0.6) is 11.6 Å². The monoisotopic (exact) mass is 362 g/mol. The number of hydrogen-bond donors (Lipinski definition) is 2. The van der Waals surface area contributed by atoms with Gasteiger partial charge in [0, 0.05) is 6.08 Å². The molecule has 3 aromatic rings. The average molecular weight is 362 g/mol. The van der Waals surface area contributed by atoms with Crippen molar-refractivity contribution in [2.45, 2.75) is 0 Å². The maximum Gasteiger partial charge on any atom is 0.335 e. The van der Waals surface area contributed by atoms with E-state index in [1.54, 1.807) is 36.4 Å². The lowest BCUT2D eigenvalue weighted by molar-refractivity contribution is 0.414. The van der Waals surface area contributed by atoms with Gasteiger partial charge in [-0.1, -0.05) is 12.1 Å². The molecule has 1 aliphatic heterocycles. The Kier molecular flexibility index (Phi) is 3.92. The fourth-order valence-electron chi connectivity index (χ4n) is 2.76. The van der Waals surface area contributed by atoms with Crippen LogP contribution >= 0.6 is 0 Å². The maximum atomic E-state index is 12.2. The van der Waals surface area contributed by atoms with Gasteiger partial charge in [0.15, 0.2) is 5.82 Å². The van der Waals surface area contributed by atoms with E-state index >= 15 is 0 Å². The number of para-hydroxylation sites is 2. The van der Waals surface area contributed by atoms with Crippen LogP contribution < -0.4 is 26.7 Å². The minimum atomic E-state index is -0.756. The van der Waals surface area contributed by atoms with Crippen LogP contribution in [-0.2, 0) is 0 Å². The Morgan fingerprint density at radius 3 is 2.26 bits per heavy atom. The molecule has 0 saturated heterocycles. The molecule has 8 heteroatoms. The highest BCUT2D eigenvalue weighted by molar-refractivity contribution is 5.58. The predicted octanol–water partition coefficient (Wildman–Crippen LogP) is 0.491. The van der Waals surface area contributed by atoms with Gasteiger partial charge in [-0.2, -0.15) is 0 Å². The van der Waals surface area contributed by atoms with Crippen LogP contribution in [-0.4, -0.2) is 21.8 Å². The summed E-state index contributed by atoms with van der Waals surface area (Å²) < 4.78 is 6.08. The van der Waals surface area contributed by atoms with E-state index in [4.69, 9.17) is 4.74 Å². The van der Waals surface area contributed by atoms with Gasteiger partial charge in [0.25, 0.3) is 5.56 Å². The third kappa shape index (κ3) is 2.93. The molecule has 0 saturated carbocycles. The van der Waals surface area contributed by atoms with Crippen LogP contribution in [0.1, 0.15) is 5.56 Å². The van der Waals surface area contributed by atoms with Crippen molar-refractivity contribution in [3.8, 4) is 17.3 Å². The molecule has 2 aromatic carbocycles. The maximum absolute atomic E-state index is 12.2. The van der Waals surface area contributed by atoms with E-state index in [9.17, 15) is 14.7 Å². The van der Waals surface area contributed by atoms with E-state index in [2.05, 4.69) is 15.0 Å². The number of aromatic nitrogens is 2. The van der Waals surface area contributed by atoms with Crippen molar-refractivity contribution in [3.63, 3.8) is 0 Å². The number of aromatic amines is 1. The lowest BCUT2D eigenvalue weighted by atomic mass is 10.2. The molecular weight excluding hydrogens is 348 g/mol. The summed E-state index contributed by atoms with van der Waals surface area (Å²) in [7, 11) is 1.52. The molecule has 0 unspecified atom stereocenters. The molecule has 27 heavy (non-hydrogen) atoms. The second kappa shape index (κ2) is 6.41. The van der Waals surface area contributed by atoms with Crippen LogP contribution in [0.3, 0.4) is 0 Å². The van der Waals surface area contributed by atoms with Crippen LogP contribution in [0, 0.1) is 0 Å². The SMILES string of the molecule is COc1ccc(-n2c(O)c(C=C3N=c4ccccc4=N3)c(=O)[nH]c2=O)cc1. The summed E-state index contributed by atoms with van der Waals surface area (Å²) in [6.07, 6.45) is 1.34. The van der Waals surface area contributed by atoms with Crippen molar-refractivity contribution in [1.29, 1.82) is 0 Å². The number of nitrogens with zero attached hydrogens (tertiary/aromatic N) is 3. The summed E-state index contributed by atoms with van der Waals surface area (Å²) in [4.78, 5) is 35.3. The Balaban J connectivity index is 1.88. The molecule has 0 spiro atoms. The summed E-state index contributed by atoms with van der Waals surface area (Å²) in [6.45, 7) is 0. The van der Waals surface area contributed by atoms with Crippen molar-refractivity contribution < 1.29 is 9.84 Å². The number of methoxy groups -OCH3 is 1. The fourth-order valence-corrected chi connectivity index (χ4v) is 2.76. The molecular formula is C19H14N4O4. The number of H-pyrrole nitrogens is 1. The van der Waals surface area contributed by atoms with Crippen LogP contribution in [0.2, 0.25) is 0 Å². The van der Waals surface area contributed by atoms with Gasteiger partial charge in [-0.05, 0) is 36.4 Å². The van der Waals surface area contributed by atoms with Gasteiger partial charge in [-0.15, -0.1) is 0 Å². The lowest BCUT2D eigenvalue weighted by Crippen LogP contribution is -2.30. The Morgan fingerprint density at radius 2 is 1.67 bits per heavy atom. The highest BCUT2D eigenvalue weighted by Crippen LogP contribution is 2.21. The molecule has 4 rings (SSSR count). The lowest BCUT2D eigenvalue weighted by Gasteiger charge is -2.10. The number of aromatic hydroxyl groups is 1. The molecule has 134 valence electrons. The molecule has 1 aliphatic rings. The first-order chi connectivity index (χ1) is 13.1. The third-order valence-corrected chi connectivity index (χ3v) is 4.08. The zero-order valence-corrected chi connectivity index (χ0v) is 14.2. The van der Waals surface area contributed by atoms with E-state index in [0.717, 1.165) is 4.57 Å². The first-order valence-electron chi connectivity index (χ1n) is 8.04. The minimum absolute atomic E-state index is 0.110. The molecule has 0 fully saturated rings. The van der Waals surface area contributed by atoms with E-state index in [1.165, 1.54) is 13.2 Å². The highest BCUT2D eigenvalue weighted by Gasteiger charge is 2.15. The van der Waals surface area contributed by atoms with Gasteiger partial charge in [-0.3, -0.25) is 9.78 Å². The van der Waals surface area contributed by atoms with Gasteiger partial charge in [0.2, 0.25) is 5.88 Å². The quantitative estimate of drug-likeness (QED) is 0.707. The number of ether oxygens (including phenoxy) is 1. The number of nitrogens with one attached hydrogen (secondary N) is 1. The smallest absolute Gasteiger partial charge is 0.335 e. The van der Waals surface area contributed by atoms with Crippen molar-refractivity contribution >= 4 is 6.08 Å². The van der Waals surface area contributed by atoms with Crippen LogP contribution in [0.4, 0.5) is 0 Å². The van der Waals surface area contributed by atoms with Crippen molar-refractivity contribution in [2.75, 3.05) is 7.11 Å². The van der Waals surface area contributed by atoms with E-state index in [1.807, 2.05) is 12.1 Å². The van der Waals surface area contributed by atoms with Crippen LogP contribution in [0.25, 0.3) is 11.8 Å². The van der Waals surface area contributed by atoms with Gasteiger partial charge in [0.1, 0.15) is 11.3 Å². The number of rotatable bonds is 3. The zero-order chi connectivity index (χ0) is 19.0. The van der Waals surface area contributed by atoms with Crippen molar-refractivity contribution in [1.82, 2.24) is 9.55 Å². The first-order valence-corrected chi connectivity index (χ1v) is 8.04. The summed E-state index contributed by atoms with van der Waals surface area (Å²) in [5.41, 5.74) is -1.22. The van der Waals surface area contributed by atoms with Gasteiger partial charge in [0.05, 0.1) is 23.5 Å². The van der Waals surface area contributed by atoms with Crippen molar-refractivity contribution in [3.05, 3.63) is 91.5 Å². The molecule has 0 amide bonds. The molecule has 8 nitrogen and oxygen atoms in total. The molecule has 1 aromatic heterocycles. The molecule has 0 bridgehead atoms. The molecule has 2 N–H and O–H groups in total. The highest BCUT2D eigenvalue weighted by atomic mass is 16.5. The molecule has 0 aliphatic carbocycles. The summed E-state index contributed by atoms with van der Waals surface area (Å²) >= 11 is 0. The second-order valence-corrected chi connectivity index (χ2v) is 5.74. The van der Waals surface area contributed by atoms with Gasteiger partial charge >= 0.3 is 5.69 Å². The number of fused-ring (bicyclic) bond motifs is 1. The summed E-state index contributed by atoms with van der Waals surface area (Å²) in [6, 6.07) is 13.7. The predicted molar refractivity (Wildman–Crippen MR) is 97.6 cm³/mol. The minimum Gasteiger partial charge on any atom is -0.497 e. The molecule has 0 atom stereocenters. The standard InChI is InChI=1S/C19H14N4O4/c1-27-12-8-6-11(7-9-12)23-18(25)13(17(24)22-19(23)26)10-16-20-14-4-2-3-5-15(14)21-16/h2-10,25H,1H3,(H,22,24,26). The summed E-state index contributed by atoms with van der Waals surface area (Å²) in [5, 5.41) is 11.9. The summed E-state index contributed by atoms with van der Waals surface area (Å²) in [5.74, 6) is 0.360. The Morgan fingerprint density at radius 1 is 1.04 bits per heavy atom. The van der Waals surface area contributed by atoms with E-state index < -0.39 is 17.1 Å².